The number of fused-ring (bicyclic) bond motifs is 1. The average Bonchev–Trinajstić information content (AvgIpc) is 2.80. The molecule has 110 valence electrons. The molecule has 1 aromatic carbocycles. The van der Waals surface area contributed by atoms with E-state index in [0.717, 1.165) is 19.0 Å². The van der Waals surface area contributed by atoms with Crippen molar-refractivity contribution >= 4 is 5.69 Å². The second kappa shape index (κ2) is 4.77. The van der Waals surface area contributed by atoms with Crippen molar-refractivity contribution in [3.05, 3.63) is 29.8 Å². The van der Waals surface area contributed by atoms with E-state index < -0.39 is 0 Å². The summed E-state index contributed by atoms with van der Waals surface area (Å²) in [4.78, 5) is 2.64. The Morgan fingerprint density at radius 2 is 2.00 bits per heavy atom. The standard InChI is InChI=1S/C18H28N2/c1-14-10-17(2,3)12-18(11-14,13-19)20-9-8-15-6-4-5-7-16(15)20/h4-7,14H,8-13,19H2,1-3H3. The summed E-state index contributed by atoms with van der Waals surface area (Å²) < 4.78 is 0. The van der Waals surface area contributed by atoms with Gasteiger partial charge in [0.2, 0.25) is 0 Å². The largest absolute Gasteiger partial charge is 0.364 e. The molecule has 0 radical (unpaired) electrons. The zero-order valence-corrected chi connectivity index (χ0v) is 13.2. The first-order valence-corrected chi connectivity index (χ1v) is 8.01. The molecule has 1 aromatic rings. The van der Waals surface area contributed by atoms with Gasteiger partial charge in [0.05, 0.1) is 5.54 Å². The predicted octanol–water partition coefficient (Wildman–Crippen LogP) is 3.59. The van der Waals surface area contributed by atoms with E-state index in [2.05, 4.69) is 49.9 Å². The minimum absolute atomic E-state index is 0.160. The minimum atomic E-state index is 0.160. The van der Waals surface area contributed by atoms with Crippen LogP contribution in [0.2, 0.25) is 0 Å². The Morgan fingerprint density at radius 3 is 2.70 bits per heavy atom. The average molecular weight is 272 g/mol. The summed E-state index contributed by atoms with van der Waals surface area (Å²) in [7, 11) is 0. The second-order valence-corrected chi connectivity index (χ2v) is 7.81. The van der Waals surface area contributed by atoms with E-state index in [0.29, 0.717) is 5.41 Å². The predicted molar refractivity (Wildman–Crippen MR) is 86.1 cm³/mol. The number of benzene rings is 1. The van der Waals surface area contributed by atoms with Crippen molar-refractivity contribution in [2.24, 2.45) is 17.1 Å². The van der Waals surface area contributed by atoms with E-state index in [-0.39, 0.29) is 5.54 Å². The molecule has 1 heterocycles. The lowest BCUT2D eigenvalue weighted by molar-refractivity contribution is 0.107. The number of rotatable bonds is 2. The van der Waals surface area contributed by atoms with Gasteiger partial charge < -0.3 is 10.6 Å². The third-order valence-corrected chi connectivity index (χ3v) is 5.28. The fraction of sp³-hybridized carbons (Fsp3) is 0.667. The van der Waals surface area contributed by atoms with Crippen molar-refractivity contribution in [1.82, 2.24) is 0 Å². The Morgan fingerprint density at radius 1 is 1.25 bits per heavy atom. The molecule has 2 heteroatoms. The van der Waals surface area contributed by atoms with Crippen molar-refractivity contribution < 1.29 is 0 Å². The van der Waals surface area contributed by atoms with E-state index in [1.807, 2.05) is 0 Å². The van der Waals surface area contributed by atoms with Gasteiger partial charge in [-0.25, -0.2) is 0 Å². The molecule has 0 spiro atoms. The molecule has 1 aliphatic carbocycles. The van der Waals surface area contributed by atoms with Crippen LogP contribution in [0.15, 0.2) is 24.3 Å². The maximum absolute atomic E-state index is 6.32. The summed E-state index contributed by atoms with van der Waals surface area (Å²) in [5.74, 6) is 0.759. The topological polar surface area (TPSA) is 29.3 Å². The van der Waals surface area contributed by atoms with E-state index >= 15 is 0 Å². The van der Waals surface area contributed by atoms with Crippen LogP contribution in [-0.4, -0.2) is 18.6 Å². The minimum Gasteiger partial charge on any atom is -0.364 e. The van der Waals surface area contributed by atoms with Gasteiger partial charge in [-0.3, -0.25) is 0 Å². The van der Waals surface area contributed by atoms with E-state index in [9.17, 15) is 0 Å². The van der Waals surface area contributed by atoms with Crippen LogP contribution < -0.4 is 10.6 Å². The molecule has 0 saturated heterocycles. The molecule has 1 saturated carbocycles. The molecule has 20 heavy (non-hydrogen) atoms. The van der Waals surface area contributed by atoms with E-state index in [1.54, 1.807) is 0 Å². The van der Waals surface area contributed by atoms with Crippen molar-refractivity contribution in [2.75, 3.05) is 18.0 Å². The molecule has 2 nitrogen and oxygen atoms in total. The van der Waals surface area contributed by atoms with Crippen LogP contribution in [0.4, 0.5) is 5.69 Å². The van der Waals surface area contributed by atoms with Gasteiger partial charge in [0, 0.05) is 18.8 Å². The first-order chi connectivity index (χ1) is 9.46. The summed E-state index contributed by atoms with van der Waals surface area (Å²) in [6.45, 7) is 9.13. The Kier molecular flexibility index (Phi) is 3.32. The Balaban J connectivity index is 1.98. The Bertz CT molecular complexity index is 494. The van der Waals surface area contributed by atoms with Crippen LogP contribution in [0.5, 0.6) is 0 Å². The molecule has 0 aromatic heterocycles. The molecular formula is C18H28N2. The number of hydrogen-bond acceptors (Lipinski definition) is 2. The fourth-order valence-electron chi connectivity index (χ4n) is 5.00. The maximum atomic E-state index is 6.32. The summed E-state index contributed by atoms with van der Waals surface area (Å²) in [5.41, 5.74) is 9.80. The first-order valence-electron chi connectivity index (χ1n) is 8.01. The quantitative estimate of drug-likeness (QED) is 0.891. The molecule has 2 N–H and O–H groups in total. The smallest absolute Gasteiger partial charge is 0.0532 e. The van der Waals surface area contributed by atoms with Gasteiger partial charge in [-0.1, -0.05) is 39.0 Å². The van der Waals surface area contributed by atoms with Crippen LogP contribution in [0.1, 0.15) is 45.6 Å². The summed E-state index contributed by atoms with van der Waals surface area (Å²) in [6.07, 6.45) is 4.95. The molecule has 0 amide bonds. The number of para-hydroxylation sites is 1. The first kappa shape index (κ1) is 13.9. The highest BCUT2D eigenvalue weighted by atomic mass is 15.2. The zero-order chi connectivity index (χ0) is 14.4. The summed E-state index contributed by atoms with van der Waals surface area (Å²) in [6, 6.07) is 8.88. The highest BCUT2D eigenvalue weighted by molar-refractivity contribution is 5.60. The lowest BCUT2D eigenvalue weighted by Crippen LogP contribution is -2.59. The molecule has 2 atom stereocenters. The van der Waals surface area contributed by atoms with Gasteiger partial charge in [-0.05, 0) is 48.6 Å². The molecule has 2 unspecified atom stereocenters. The lowest BCUT2D eigenvalue weighted by Gasteiger charge is -2.53. The van der Waals surface area contributed by atoms with Crippen LogP contribution in [0, 0.1) is 11.3 Å². The number of hydrogen-bond donors (Lipinski definition) is 1. The highest BCUT2D eigenvalue weighted by Gasteiger charge is 2.47. The van der Waals surface area contributed by atoms with Gasteiger partial charge in [-0.2, -0.15) is 0 Å². The second-order valence-electron chi connectivity index (χ2n) is 7.81. The Hall–Kier alpha value is -1.02. The summed E-state index contributed by atoms with van der Waals surface area (Å²) in [5, 5.41) is 0. The number of nitrogens with two attached hydrogens (primary N) is 1. The zero-order valence-electron chi connectivity index (χ0n) is 13.2. The van der Waals surface area contributed by atoms with Gasteiger partial charge in [0.25, 0.3) is 0 Å². The molecule has 1 fully saturated rings. The molecular weight excluding hydrogens is 244 g/mol. The van der Waals surface area contributed by atoms with Crippen molar-refractivity contribution in [2.45, 2.75) is 52.0 Å². The summed E-state index contributed by atoms with van der Waals surface area (Å²) >= 11 is 0. The molecule has 1 aliphatic heterocycles. The van der Waals surface area contributed by atoms with Crippen LogP contribution in [0.25, 0.3) is 0 Å². The van der Waals surface area contributed by atoms with Crippen LogP contribution in [-0.2, 0) is 6.42 Å². The van der Waals surface area contributed by atoms with Gasteiger partial charge in [0.15, 0.2) is 0 Å². The normalized spacial score (nSPS) is 32.2. The monoisotopic (exact) mass is 272 g/mol. The Labute approximate surface area is 123 Å². The van der Waals surface area contributed by atoms with Gasteiger partial charge >= 0.3 is 0 Å². The van der Waals surface area contributed by atoms with Gasteiger partial charge in [0.1, 0.15) is 0 Å². The van der Waals surface area contributed by atoms with E-state index in [1.165, 1.54) is 36.9 Å². The highest BCUT2D eigenvalue weighted by Crippen LogP contribution is 2.49. The van der Waals surface area contributed by atoms with Crippen LogP contribution >= 0.6 is 0 Å². The van der Waals surface area contributed by atoms with Crippen molar-refractivity contribution in [3.8, 4) is 0 Å². The van der Waals surface area contributed by atoms with Gasteiger partial charge in [-0.15, -0.1) is 0 Å². The third-order valence-electron chi connectivity index (χ3n) is 5.28. The van der Waals surface area contributed by atoms with Crippen LogP contribution in [0.3, 0.4) is 0 Å². The number of anilines is 1. The fourth-order valence-corrected chi connectivity index (χ4v) is 5.00. The molecule has 3 rings (SSSR count). The van der Waals surface area contributed by atoms with Crippen molar-refractivity contribution in [3.63, 3.8) is 0 Å². The lowest BCUT2D eigenvalue weighted by atomic mass is 9.63. The molecule has 2 aliphatic rings. The molecule has 0 bridgehead atoms. The number of nitrogens with zero attached hydrogens (tertiary/aromatic N) is 1. The third kappa shape index (κ3) is 2.24. The van der Waals surface area contributed by atoms with E-state index in [4.69, 9.17) is 5.73 Å². The SMILES string of the molecule is CC1CC(C)(C)CC(CN)(N2CCc3ccccc32)C1. The van der Waals surface area contributed by atoms with Crippen molar-refractivity contribution in [1.29, 1.82) is 0 Å². The maximum Gasteiger partial charge on any atom is 0.0532 e.